The third-order valence-electron chi connectivity index (χ3n) is 5.49. The number of para-hydroxylation sites is 2. The van der Waals surface area contributed by atoms with E-state index in [2.05, 4.69) is 12.2 Å². The van der Waals surface area contributed by atoms with Gasteiger partial charge in [0, 0.05) is 18.7 Å². The molecule has 1 N–H and O–H groups in total. The van der Waals surface area contributed by atoms with E-state index < -0.39 is 0 Å². The molecule has 3 amide bonds. The molecule has 0 bridgehead atoms. The first kappa shape index (κ1) is 19.7. The summed E-state index contributed by atoms with van der Waals surface area (Å²) in [5.41, 5.74) is 3.04. The number of urea groups is 1. The van der Waals surface area contributed by atoms with Crippen LogP contribution in [0.5, 0.6) is 0 Å². The van der Waals surface area contributed by atoms with Gasteiger partial charge in [0.05, 0.1) is 17.4 Å². The molecule has 1 fully saturated rings. The highest BCUT2D eigenvalue weighted by Crippen LogP contribution is 2.32. The Morgan fingerprint density at radius 2 is 1.50 bits per heavy atom. The van der Waals surface area contributed by atoms with Crippen LogP contribution in [0.25, 0.3) is 0 Å². The fourth-order valence-electron chi connectivity index (χ4n) is 3.84. The molecule has 3 aromatic carbocycles. The van der Waals surface area contributed by atoms with Gasteiger partial charge in [-0.05, 0) is 43.2 Å². The van der Waals surface area contributed by atoms with Gasteiger partial charge < -0.3 is 10.2 Å². The summed E-state index contributed by atoms with van der Waals surface area (Å²) in [5, 5.41) is 2.97. The van der Waals surface area contributed by atoms with Crippen molar-refractivity contribution >= 4 is 23.3 Å². The van der Waals surface area contributed by atoms with Gasteiger partial charge >= 0.3 is 6.03 Å². The molecule has 0 radical (unpaired) electrons. The standard InChI is InChI=1S/C25H25N3O2/c1-19(20-11-4-2-5-12-20)27-17-10-18-28(25(27)30)23-16-9-8-15-22(23)26-24(29)21-13-6-3-7-14-21/h2-9,11-16,19H,10,17-18H2,1H3,(H,26,29). The van der Waals surface area contributed by atoms with Gasteiger partial charge in [-0.1, -0.05) is 60.7 Å². The van der Waals surface area contributed by atoms with E-state index in [4.69, 9.17) is 0 Å². The van der Waals surface area contributed by atoms with Gasteiger partial charge in [-0.25, -0.2) is 4.79 Å². The SMILES string of the molecule is CC(c1ccccc1)N1CCCN(c2ccccc2NC(=O)c2ccccc2)C1=O. The maximum atomic E-state index is 13.4. The highest BCUT2D eigenvalue weighted by atomic mass is 16.2. The minimum atomic E-state index is -0.193. The van der Waals surface area contributed by atoms with Crippen LogP contribution in [0.2, 0.25) is 0 Å². The quantitative estimate of drug-likeness (QED) is 0.630. The van der Waals surface area contributed by atoms with Crippen LogP contribution >= 0.6 is 0 Å². The Morgan fingerprint density at radius 1 is 0.867 bits per heavy atom. The lowest BCUT2D eigenvalue weighted by atomic mass is 10.1. The summed E-state index contributed by atoms with van der Waals surface area (Å²) in [4.78, 5) is 29.7. The normalized spacial score (nSPS) is 15.0. The maximum Gasteiger partial charge on any atom is 0.325 e. The Labute approximate surface area is 176 Å². The van der Waals surface area contributed by atoms with Gasteiger partial charge in [-0.2, -0.15) is 0 Å². The number of anilines is 2. The third kappa shape index (κ3) is 4.06. The molecule has 30 heavy (non-hydrogen) atoms. The smallest absolute Gasteiger partial charge is 0.320 e. The predicted octanol–water partition coefficient (Wildman–Crippen LogP) is 5.33. The van der Waals surface area contributed by atoms with Crippen LogP contribution in [0.4, 0.5) is 16.2 Å². The van der Waals surface area contributed by atoms with Crippen LogP contribution in [0.3, 0.4) is 0 Å². The van der Waals surface area contributed by atoms with Gasteiger partial charge in [0.2, 0.25) is 0 Å². The zero-order valence-corrected chi connectivity index (χ0v) is 17.0. The highest BCUT2D eigenvalue weighted by molar-refractivity contribution is 6.07. The molecule has 4 rings (SSSR count). The van der Waals surface area contributed by atoms with Gasteiger partial charge in [-0.3, -0.25) is 9.69 Å². The van der Waals surface area contributed by atoms with Crippen LogP contribution in [-0.4, -0.2) is 29.9 Å². The number of hydrogen-bond acceptors (Lipinski definition) is 2. The van der Waals surface area contributed by atoms with Gasteiger partial charge in [0.15, 0.2) is 0 Å². The van der Waals surface area contributed by atoms with E-state index in [1.54, 1.807) is 17.0 Å². The Morgan fingerprint density at radius 3 is 2.23 bits per heavy atom. The molecule has 1 saturated heterocycles. The number of hydrogen-bond donors (Lipinski definition) is 1. The first-order valence-corrected chi connectivity index (χ1v) is 10.2. The van der Waals surface area contributed by atoms with Crippen LogP contribution in [0, 0.1) is 0 Å². The first-order chi connectivity index (χ1) is 14.6. The monoisotopic (exact) mass is 399 g/mol. The summed E-state index contributed by atoms with van der Waals surface area (Å²) in [6.07, 6.45) is 0.865. The van der Waals surface area contributed by atoms with E-state index in [9.17, 15) is 9.59 Å². The largest absolute Gasteiger partial charge is 0.325 e. The zero-order valence-electron chi connectivity index (χ0n) is 17.0. The molecule has 1 aliphatic heterocycles. The van der Waals surface area contributed by atoms with Crippen LogP contribution in [-0.2, 0) is 0 Å². The summed E-state index contributed by atoms with van der Waals surface area (Å²) >= 11 is 0. The molecule has 1 atom stereocenters. The van der Waals surface area contributed by atoms with Crippen LogP contribution in [0.1, 0.15) is 35.3 Å². The van der Waals surface area contributed by atoms with E-state index in [1.165, 1.54) is 0 Å². The summed E-state index contributed by atoms with van der Waals surface area (Å²) in [6.45, 7) is 3.39. The van der Waals surface area contributed by atoms with Crippen molar-refractivity contribution in [1.29, 1.82) is 0 Å². The topological polar surface area (TPSA) is 52.6 Å². The lowest BCUT2D eigenvalue weighted by molar-refractivity contribution is 0.102. The summed E-state index contributed by atoms with van der Waals surface area (Å²) in [6, 6.07) is 26.5. The number of carbonyl (C=O) groups excluding carboxylic acids is 2. The molecule has 1 unspecified atom stereocenters. The minimum absolute atomic E-state index is 0.0208. The predicted molar refractivity (Wildman–Crippen MR) is 120 cm³/mol. The van der Waals surface area contributed by atoms with E-state index in [-0.39, 0.29) is 18.0 Å². The van der Waals surface area contributed by atoms with Crippen LogP contribution < -0.4 is 10.2 Å². The van der Waals surface area contributed by atoms with Crippen molar-refractivity contribution < 1.29 is 9.59 Å². The molecule has 0 aliphatic carbocycles. The minimum Gasteiger partial charge on any atom is -0.320 e. The van der Waals surface area contributed by atoms with E-state index in [1.807, 2.05) is 77.7 Å². The molecule has 152 valence electrons. The third-order valence-corrected chi connectivity index (χ3v) is 5.49. The zero-order chi connectivity index (χ0) is 20.9. The second-order valence-electron chi connectivity index (χ2n) is 7.41. The Hall–Kier alpha value is -3.60. The van der Waals surface area contributed by atoms with Crippen molar-refractivity contribution in [2.45, 2.75) is 19.4 Å². The molecule has 1 aliphatic rings. The van der Waals surface area contributed by atoms with Crippen LogP contribution in [0.15, 0.2) is 84.9 Å². The summed E-state index contributed by atoms with van der Waals surface area (Å²) in [5.74, 6) is -0.193. The summed E-state index contributed by atoms with van der Waals surface area (Å²) in [7, 11) is 0. The van der Waals surface area contributed by atoms with Crippen molar-refractivity contribution in [2.75, 3.05) is 23.3 Å². The van der Waals surface area contributed by atoms with Crippen molar-refractivity contribution in [3.05, 3.63) is 96.1 Å². The van der Waals surface area contributed by atoms with Crippen molar-refractivity contribution in [1.82, 2.24) is 4.90 Å². The van der Waals surface area contributed by atoms with E-state index >= 15 is 0 Å². The molecular formula is C25H25N3O2. The number of rotatable bonds is 5. The van der Waals surface area contributed by atoms with Gasteiger partial charge in [-0.15, -0.1) is 0 Å². The average molecular weight is 399 g/mol. The number of nitrogens with one attached hydrogen (secondary N) is 1. The lowest BCUT2D eigenvalue weighted by Crippen LogP contribution is -2.50. The van der Waals surface area contributed by atoms with E-state index in [0.29, 0.717) is 24.3 Å². The maximum absolute atomic E-state index is 13.4. The Balaban J connectivity index is 1.58. The Bertz CT molecular complexity index is 1020. The first-order valence-electron chi connectivity index (χ1n) is 10.2. The molecule has 3 aromatic rings. The fraction of sp³-hybridized carbons (Fsp3) is 0.200. The highest BCUT2D eigenvalue weighted by Gasteiger charge is 2.31. The van der Waals surface area contributed by atoms with Gasteiger partial charge in [0.25, 0.3) is 5.91 Å². The fourth-order valence-corrected chi connectivity index (χ4v) is 3.84. The number of nitrogens with zero attached hydrogens (tertiary/aromatic N) is 2. The molecule has 0 saturated carbocycles. The van der Waals surface area contributed by atoms with E-state index in [0.717, 1.165) is 17.7 Å². The molecule has 1 heterocycles. The molecule has 5 heteroatoms. The second kappa shape index (κ2) is 8.82. The average Bonchev–Trinajstić information content (AvgIpc) is 2.80. The number of amides is 3. The van der Waals surface area contributed by atoms with Crippen molar-refractivity contribution in [2.24, 2.45) is 0 Å². The van der Waals surface area contributed by atoms with Crippen molar-refractivity contribution in [3.63, 3.8) is 0 Å². The molecule has 0 aromatic heterocycles. The number of benzene rings is 3. The second-order valence-corrected chi connectivity index (χ2v) is 7.41. The molecular weight excluding hydrogens is 374 g/mol. The molecule has 0 spiro atoms. The number of carbonyl (C=O) groups is 2. The molecule has 5 nitrogen and oxygen atoms in total. The lowest BCUT2D eigenvalue weighted by Gasteiger charge is -2.39. The van der Waals surface area contributed by atoms with Crippen molar-refractivity contribution in [3.8, 4) is 0 Å². The Kier molecular flexibility index (Phi) is 5.80. The van der Waals surface area contributed by atoms with Gasteiger partial charge in [0.1, 0.15) is 0 Å². The summed E-state index contributed by atoms with van der Waals surface area (Å²) < 4.78 is 0.